The number of rotatable bonds is 5. The molecule has 0 aliphatic rings. The van der Waals surface area contributed by atoms with Gasteiger partial charge in [-0.05, 0) is 30.5 Å². The summed E-state index contributed by atoms with van der Waals surface area (Å²) in [4.78, 5) is 0. The highest BCUT2D eigenvalue weighted by molar-refractivity contribution is 7.80. The van der Waals surface area contributed by atoms with Crippen molar-refractivity contribution in [1.29, 1.82) is 0 Å². The monoisotopic (exact) mass is 216 g/mol. The molecule has 0 aromatic carbocycles. The lowest BCUT2D eigenvalue weighted by molar-refractivity contribution is 0.438. The Morgan fingerprint density at radius 2 is 1.79 bits per heavy atom. The molecule has 0 aromatic rings. The summed E-state index contributed by atoms with van der Waals surface area (Å²) in [6.07, 6.45) is 1.11. The quantitative estimate of drug-likeness (QED) is 0.691. The first-order valence-corrected chi connectivity index (χ1v) is 5.92. The second-order valence-corrected chi connectivity index (χ2v) is 4.92. The van der Waals surface area contributed by atoms with Crippen molar-refractivity contribution in [3.8, 4) is 0 Å². The molecule has 0 amide bonds. The van der Waals surface area contributed by atoms with Gasteiger partial charge in [0.1, 0.15) is 0 Å². The molecule has 0 saturated carbocycles. The highest BCUT2D eigenvalue weighted by Crippen LogP contribution is 2.04. The van der Waals surface area contributed by atoms with E-state index in [1.165, 1.54) is 0 Å². The van der Waals surface area contributed by atoms with E-state index in [4.69, 9.17) is 12.2 Å². The Kier molecular flexibility index (Phi) is 6.89. The summed E-state index contributed by atoms with van der Waals surface area (Å²) in [6, 6.07) is 0.488. The Labute approximate surface area is 93.8 Å². The zero-order valence-corrected chi connectivity index (χ0v) is 10.9. The van der Waals surface area contributed by atoms with E-state index in [1.54, 1.807) is 0 Å². The summed E-state index contributed by atoms with van der Waals surface area (Å²) in [7, 11) is 0. The van der Waals surface area contributed by atoms with Crippen molar-refractivity contribution in [2.45, 2.75) is 47.1 Å². The zero-order valence-electron chi connectivity index (χ0n) is 10.1. The van der Waals surface area contributed by atoms with E-state index in [1.807, 2.05) is 0 Å². The summed E-state index contributed by atoms with van der Waals surface area (Å²) >= 11 is 5.21. The zero-order chi connectivity index (χ0) is 11.1. The molecule has 0 aliphatic carbocycles. The van der Waals surface area contributed by atoms with Gasteiger partial charge in [0.25, 0.3) is 0 Å². The van der Waals surface area contributed by atoms with E-state index in [-0.39, 0.29) is 0 Å². The lowest BCUT2D eigenvalue weighted by Crippen LogP contribution is -2.44. The van der Waals surface area contributed by atoms with Gasteiger partial charge in [-0.3, -0.25) is 0 Å². The van der Waals surface area contributed by atoms with Gasteiger partial charge in [0.15, 0.2) is 5.11 Å². The van der Waals surface area contributed by atoms with Gasteiger partial charge < -0.3 is 10.6 Å². The molecule has 0 spiro atoms. The summed E-state index contributed by atoms with van der Waals surface area (Å²) < 4.78 is 0. The molecular formula is C11H24N2S. The van der Waals surface area contributed by atoms with Gasteiger partial charge in [-0.1, -0.05) is 34.6 Å². The minimum atomic E-state index is 0.488. The Morgan fingerprint density at radius 1 is 1.21 bits per heavy atom. The molecule has 0 saturated heterocycles. The van der Waals surface area contributed by atoms with Crippen molar-refractivity contribution in [2.24, 2.45) is 11.8 Å². The molecule has 0 fully saturated rings. The summed E-state index contributed by atoms with van der Waals surface area (Å²) in [5.41, 5.74) is 0. The number of hydrogen-bond donors (Lipinski definition) is 2. The number of hydrogen-bond acceptors (Lipinski definition) is 1. The first-order chi connectivity index (χ1) is 6.47. The first kappa shape index (κ1) is 13.7. The lowest BCUT2D eigenvalue weighted by atomic mass is 10.0. The highest BCUT2D eigenvalue weighted by Gasteiger charge is 2.11. The van der Waals surface area contributed by atoms with E-state index in [0.29, 0.717) is 17.9 Å². The summed E-state index contributed by atoms with van der Waals surface area (Å²) in [5, 5.41) is 7.35. The van der Waals surface area contributed by atoms with Crippen molar-refractivity contribution >= 4 is 17.3 Å². The van der Waals surface area contributed by atoms with E-state index in [9.17, 15) is 0 Å². The van der Waals surface area contributed by atoms with Crippen LogP contribution in [-0.2, 0) is 0 Å². The smallest absolute Gasteiger partial charge is 0.166 e. The Bertz CT molecular complexity index is 167. The fourth-order valence-electron chi connectivity index (χ4n) is 1.26. The van der Waals surface area contributed by atoms with Gasteiger partial charge in [-0.2, -0.15) is 0 Å². The standard InChI is InChI=1S/C11H24N2S/c1-6-10(9(4)5)13-11(14)12-7-8(2)3/h8-10H,6-7H2,1-5H3,(H2,12,13,14). The van der Waals surface area contributed by atoms with Crippen LogP contribution >= 0.6 is 12.2 Å². The third-order valence-corrected chi connectivity index (χ3v) is 2.49. The van der Waals surface area contributed by atoms with Crippen molar-refractivity contribution < 1.29 is 0 Å². The summed E-state index contributed by atoms with van der Waals surface area (Å²) in [5.74, 6) is 1.26. The second-order valence-electron chi connectivity index (χ2n) is 4.51. The molecular weight excluding hydrogens is 192 g/mol. The SMILES string of the molecule is CCC(NC(=S)NCC(C)C)C(C)C. The second kappa shape index (κ2) is 7.04. The molecule has 2 N–H and O–H groups in total. The molecule has 1 unspecified atom stereocenters. The molecule has 0 rings (SSSR count). The summed E-state index contributed by atoms with van der Waals surface area (Å²) in [6.45, 7) is 11.9. The van der Waals surface area contributed by atoms with Gasteiger partial charge in [0.05, 0.1) is 0 Å². The maximum atomic E-state index is 5.21. The molecule has 3 heteroatoms. The van der Waals surface area contributed by atoms with Crippen LogP contribution in [0.2, 0.25) is 0 Å². The predicted octanol–water partition coefficient (Wildman–Crippen LogP) is 2.54. The normalized spacial score (nSPS) is 13.1. The van der Waals surface area contributed by atoms with Crippen LogP contribution in [0.25, 0.3) is 0 Å². The topological polar surface area (TPSA) is 24.1 Å². The van der Waals surface area contributed by atoms with Crippen molar-refractivity contribution in [1.82, 2.24) is 10.6 Å². The van der Waals surface area contributed by atoms with Crippen LogP contribution in [0.5, 0.6) is 0 Å². The molecule has 84 valence electrons. The molecule has 14 heavy (non-hydrogen) atoms. The maximum Gasteiger partial charge on any atom is 0.166 e. The third-order valence-electron chi connectivity index (χ3n) is 2.23. The van der Waals surface area contributed by atoms with Gasteiger partial charge in [-0.15, -0.1) is 0 Å². The van der Waals surface area contributed by atoms with Crippen LogP contribution in [0.4, 0.5) is 0 Å². The number of thiocarbonyl (C=S) groups is 1. The fraction of sp³-hybridized carbons (Fsp3) is 0.909. The van der Waals surface area contributed by atoms with E-state index in [0.717, 1.165) is 18.1 Å². The third kappa shape index (κ3) is 6.19. The van der Waals surface area contributed by atoms with Crippen LogP contribution in [0.3, 0.4) is 0 Å². The van der Waals surface area contributed by atoms with Gasteiger partial charge in [0.2, 0.25) is 0 Å². The number of nitrogens with one attached hydrogen (secondary N) is 2. The average Bonchev–Trinajstić information content (AvgIpc) is 2.10. The molecule has 1 atom stereocenters. The van der Waals surface area contributed by atoms with Gasteiger partial charge in [0, 0.05) is 12.6 Å². The molecule has 0 aromatic heterocycles. The van der Waals surface area contributed by atoms with Crippen LogP contribution < -0.4 is 10.6 Å². The van der Waals surface area contributed by atoms with Crippen LogP contribution in [0.1, 0.15) is 41.0 Å². The van der Waals surface area contributed by atoms with Crippen molar-refractivity contribution in [3.05, 3.63) is 0 Å². The van der Waals surface area contributed by atoms with Gasteiger partial charge in [-0.25, -0.2) is 0 Å². The van der Waals surface area contributed by atoms with E-state index < -0.39 is 0 Å². The van der Waals surface area contributed by atoms with Crippen LogP contribution in [0.15, 0.2) is 0 Å². The van der Waals surface area contributed by atoms with E-state index >= 15 is 0 Å². The van der Waals surface area contributed by atoms with Crippen molar-refractivity contribution in [2.75, 3.05) is 6.54 Å². The molecule has 0 aliphatic heterocycles. The average molecular weight is 216 g/mol. The Balaban J connectivity index is 3.79. The van der Waals surface area contributed by atoms with Crippen LogP contribution in [0, 0.1) is 11.8 Å². The lowest BCUT2D eigenvalue weighted by Gasteiger charge is -2.23. The van der Waals surface area contributed by atoms with Gasteiger partial charge >= 0.3 is 0 Å². The first-order valence-electron chi connectivity index (χ1n) is 5.51. The molecule has 2 nitrogen and oxygen atoms in total. The predicted molar refractivity (Wildman–Crippen MR) is 67.5 cm³/mol. The highest BCUT2D eigenvalue weighted by atomic mass is 32.1. The van der Waals surface area contributed by atoms with Crippen molar-refractivity contribution in [3.63, 3.8) is 0 Å². The minimum Gasteiger partial charge on any atom is -0.362 e. The van der Waals surface area contributed by atoms with E-state index in [2.05, 4.69) is 45.3 Å². The maximum absolute atomic E-state index is 5.21. The van der Waals surface area contributed by atoms with Crippen LogP contribution in [-0.4, -0.2) is 17.7 Å². The minimum absolute atomic E-state index is 0.488. The Morgan fingerprint density at radius 3 is 2.14 bits per heavy atom. The molecule has 0 heterocycles. The molecule has 0 radical (unpaired) electrons. The molecule has 0 bridgehead atoms. The largest absolute Gasteiger partial charge is 0.362 e. The fourth-order valence-corrected chi connectivity index (χ4v) is 1.49. The Hall–Kier alpha value is -0.310.